The van der Waals surface area contributed by atoms with Crippen LogP contribution in [0.3, 0.4) is 0 Å². The monoisotopic (exact) mass is 894 g/mol. The molecule has 0 aromatic carbocycles. The summed E-state index contributed by atoms with van der Waals surface area (Å²) >= 11 is 14.2. The molecule has 2 aliphatic heterocycles. The molecule has 12 heteroatoms. The summed E-state index contributed by atoms with van der Waals surface area (Å²) in [6.45, 7) is 6.14. The summed E-state index contributed by atoms with van der Waals surface area (Å²) < 4.78 is 7.67. The van der Waals surface area contributed by atoms with Gasteiger partial charge in [-0.1, -0.05) is 215 Å². The summed E-state index contributed by atoms with van der Waals surface area (Å²) in [5, 5.41) is 6.31. The maximum Gasteiger partial charge on any atom is 0.230 e. The number of thioether (sulfide) groups is 8. The molecular weight excluding hydrogens is 821 g/mol. The highest BCUT2D eigenvalue weighted by Crippen LogP contribution is 2.65. The molecule has 2 amide bonds. The van der Waals surface area contributed by atoms with Crippen molar-refractivity contribution >= 4 is 106 Å². The van der Waals surface area contributed by atoms with E-state index in [-0.39, 0.29) is 11.8 Å². The normalized spacial score (nSPS) is 15.9. The van der Waals surface area contributed by atoms with E-state index in [0.717, 1.165) is 25.9 Å². The Bertz CT molecular complexity index is 1030. The average molecular weight is 896 g/mol. The standard InChI is InChI=1S/C42H74N2O2S8/c1-5-7-9-11-13-15-17-19-21-23-25-27-29-31-43-35(45)33-49-39-37(47-3)51-41(53-39)42-52-38(48-4)40(54-42)50-34-36(46)44-32-30-28-26-24-22-20-18-16-14-12-10-8-6-2/h5-34H2,1-4H3,(H,43,45)(H,44,46)/b42-41-. The lowest BCUT2D eigenvalue weighted by Gasteiger charge is -2.07. The molecule has 0 saturated heterocycles. The smallest absolute Gasteiger partial charge is 0.230 e. The quantitative estimate of drug-likeness (QED) is 0.0595. The van der Waals surface area contributed by atoms with Crippen LogP contribution in [-0.2, 0) is 9.59 Å². The summed E-state index contributed by atoms with van der Waals surface area (Å²) in [6, 6.07) is 0. The number of carbonyl (C=O) groups excluding carboxylic acids is 2. The Labute approximate surface area is 366 Å². The third-order valence-electron chi connectivity index (χ3n) is 9.49. The third-order valence-corrected chi connectivity index (χ3v) is 20.8. The van der Waals surface area contributed by atoms with E-state index in [1.807, 2.05) is 47.0 Å². The SMILES string of the molecule is CCCCCCCCCCCCCCCNC(=O)CSC1=C(SC)S/C(=C2\SC(SC)=C(SCC(=O)NCCCCCCCCCCCCCCC)S2)S1. The predicted molar refractivity (Wildman–Crippen MR) is 261 cm³/mol. The largest absolute Gasteiger partial charge is 0.355 e. The number of nitrogens with one attached hydrogen (secondary N) is 2. The van der Waals surface area contributed by atoms with E-state index in [0.29, 0.717) is 11.5 Å². The second-order valence-electron chi connectivity index (χ2n) is 14.3. The second-order valence-corrected chi connectivity index (χ2v) is 23.5. The zero-order valence-electron chi connectivity index (χ0n) is 34.3. The number of rotatable bonds is 36. The average Bonchev–Trinajstić information content (AvgIpc) is 3.80. The van der Waals surface area contributed by atoms with Crippen LogP contribution in [0.4, 0.5) is 0 Å². The first kappa shape index (κ1) is 51.1. The van der Waals surface area contributed by atoms with Crippen LogP contribution in [-0.4, -0.2) is 48.9 Å². The van der Waals surface area contributed by atoms with Gasteiger partial charge in [-0.05, 0) is 25.4 Å². The van der Waals surface area contributed by atoms with Crippen LogP contribution in [0.5, 0.6) is 0 Å². The molecule has 312 valence electrons. The zero-order valence-corrected chi connectivity index (χ0v) is 40.8. The highest BCUT2D eigenvalue weighted by Gasteiger charge is 2.30. The topological polar surface area (TPSA) is 58.2 Å². The molecule has 0 aromatic rings. The number of hydrogen-bond donors (Lipinski definition) is 2. The Kier molecular flexibility index (Phi) is 33.9. The molecule has 0 spiro atoms. The first-order chi connectivity index (χ1) is 26.5. The van der Waals surface area contributed by atoms with Crippen molar-refractivity contribution < 1.29 is 9.59 Å². The molecule has 4 nitrogen and oxygen atoms in total. The van der Waals surface area contributed by atoms with Gasteiger partial charge in [0.1, 0.15) is 0 Å². The van der Waals surface area contributed by atoms with E-state index in [1.54, 1.807) is 47.0 Å². The summed E-state index contributed by atoms with van der Waals surface area (Å²) in [5.41, 5.74) is 0. The number of carbonyl (C=O) groups is 2. The molecule has 0 fully saturated rings. The van der Waals surface area contributed by atoms with E-state index >= 15 is 0 Å². The van der Waals surface area contributed by atoms with Crippen molar-refractivity contribution in [3.8, 4) is 0 Å². The van der Waals surface area contributed by atoms with Gasteiger partial charge in [0.15, 0.2) is 0 Å². The molecule has 2 aliphatic rings. The third kappa shape index (κ3) is 25.4. The summed E-state index contributed by atoms with van der Waals surface area (Å²) in [7, 11) is 0. The van der Waals surface area contributed by atoms with Gasteiger partial charge in [0.25, 0.3) is 0 Å². The van der Waals surface area contributed by atoms with Gasteiger partial charge in [-0.2, -0.15) is 0 Å². The first-order valence-corrected chi connectivity index (χ1v) is 29.0. The molecule has 0 saturated carbocycles. The summed E-state index contributed by atoms with van der Waals surface area (Å²) in [6.07, 6.45) is 39.1. The van der Waals surface area contributed by atoms with Crippen LogP contribution in [0.2, 0.25) is 0 Å². The van der Waals surface area contributed by atoms with E-state index in [1.165, 1.54) is 180 Å². The Hall–Kier alpha value is 0.960. The van der Waals surface area contributed by atoms with Crippen LogP contribution in [0.15, 0.2) is 25.4 Å². The molecule has 2 heterocycles. The van der Waals surface area contributed by atoms with Gasteiger partial charge < -0.3 is 10.6 Å². The first-order valence-electron chi connectivity index (χ1n) is 21.3. The van der Waals surface area contributed by atoms with Crippen LogP contribution in [0.25, 0.3) is 0 Å². The van der Waals surface area contributed by atoms with E-state index in [9.17, 15) is 9.59 Å². The summed E-state index contributed by atoms with van der Waals surface area (Å²) in [4.78, 5) is 25.3. The van der Waals surface area contributed by atoms with Crippen molar-refractivity contribution in [2.45, 2.75) is 181 Å². The van der Waals surface area contributed by atoms with E-state index < -0.39 is 0 Å². The van der Waals surface area contributed by atoms with Crippen LogP contribution in [0, 0.1) is 0 Å². The molecule has 0 atom stereocenters. The molecule has 54 heavy (non-hydrogen) atoms. The predicted octanol–water partition coefficient (Wildman–Crippen LogP) is 15.9. The maximum atomic E-state index is 12.7. The van der Waals surface area contributed by atoms with Gasteiger partial charge in [0.2, 0.25) is 11.8 Å². The lowest BCUT2D eigenvalue weighted by Crippen LogP contribution is -2.26. The van der Waals surface area contributed by atoms with Crippen molar-refractivity contribution in [2.75, 3.05) is 37.1 Å². The molecule has 2 rings (SSSR count). The highest BCUT2D eigenvalue weighted by molar-refractivity contribution is 8.45. The van der Waals surface area contributed by atoms with Gasteiger partial charge in [-0.25, -0.2) is 0 Å². The fourth-order valence-electron chi connectivity index (χ4n) is 6.24. The Balaban J connectivity index is 1.54. The van der Waals surface area contributed by atoms with Gasteiger partial charge >= 0.3 is 0 Å². The molecule has 0 aromatic heterocycles. The molecule has 0 unspecified atom stereocenters. The molecule has 2 N–H and O–H groups in total. The van der Waals surface area contributed by atoms with Gasteiger partial charge in [0.05, 0.1) is 36.9 Å². The minimum atomic E-state index is 0.139. The lowest BCUT2D eigenvalue weighted by molar-refractivity contribution is -0.119. The van der Waals surface area contributed by atoms with Crippen molar-refractivity contribution in [1.29, 1.82) is 0 Å². The van der Waals surface area contributed by atoms with Gasteiger partial charge in [0, 0.05) is 13.1 Å². The van der Waals surface area contributed by atoms with Gasteiger partial charge in [-0.15, -0.1) is 47.0 Å². The Morgan fingerprint density at radius 1 is 0.407 bits per heavy atom. The fourth-order valence-corrected chi connectivity index (χ4v) is 17.0. The van der Waals surface area contributed by atoms with Crippen molar-refractivity contribution in [2.24, 2.45) is 0 Å². The van der Waals surface area contributed by atoms with Crippen LogP contribution < -0.4 is 10.6 Å². The lowest BCUT2D eigenvalue weighted by atomic mass is 10.0. The van der Waals surface area contributed by atoms with Crippen LogP contribution >= 0.6 is 94.1 Å². The summed E-state index contributed by atoms with van der Waals surface area (Å²) in [5.74, 6) is 1.22. The number of hydrogen-bond acceptors (Lipinski definition) is 10. The zero-order chi connectivity index (χ0) is 38.9. The van der Waals surface area contributed by atoms with Gasteiger partial charge in [-0.3, -0.25) is 9.59 Å². The minimum absolute atomic E-state index is 0.139. The second kappa shape index (κ2) is 35.9. The van der Waals surface area contributed by atoms with Crippen molar-refractivity contribution in [3.63, 3.8) is 0 Å². The molecule has 0 bridgehead atoms. The Morgan fingerprint density at radius 2 is 0.667 bits per heavy atom. The van der Waals surface area contributed by atoms with Crippen LogP contribution in [0.1, 0.15) is 181 Å². The number of amides is 2. The van der Waals surface area contributed by atoms with E-state index in [2.05, 4.69) is 37.0 Å². The Morgan fingerprint density at radius 3 is 0.944 bits per heavy atom. The van der Waals surface area contributed by atoms with Crippen molar-refractivity contribution in [1.82, 2.24) is 10.6 Å². The molecule has 0 radical (unpaired) electrons. The maximum absolute atomic E-state index is 12.7. The fraction of sp³-hybridized carbons (Fsp3) is 0.810. The van der Waals surface area contributed by atoms with Crippen molar-refractivity contribution in [3.05, 3.63) is 25.4 Å². The highest BCUT2D eigenvalue weighted by atomic mass is 32.3. The molecule has 0 aliphatic carbocycles. The number of unbranched alkanes of at least 4 members (excludes halogenated alkanes) is 24. The minimum Gasteiger partial charge on any atom is -0.355 e. The molecular formula is C42H74N2O2S8. The van der Waals surface area contributed by atoms with E-state index in [4.69, 9.17) is 0 Å².